The summed E-state index contributed by atoms with van der Waals surface area (Å²) in [6, 6.07) is 3.55. The first-order chi connectivity index (χ1) is 17.2. The van der Waals surface area contributed by atoms with E-state index in [0.29, 0.717) is 0 Å². The predicted molar refractivity (Wildman–Crippen MR) is 119 cm³/mol. The Kier molecular flexibility index (Phi) is 7.42. The molecule has 0 radical (unpaired) electrons. The van der Waals surface area contributed by atoms with Crippen LogP contribution in [0.25, 0.3) is 0 Å². The average molecular weight is 512 g/mol. The summed E-state index contributed by atoms with van der Waals surface area (Å²) < 4.78 is 44.9. The molecule has 2 aliphatic heterocycles. The highest BCUT2D eigenvalue weighted by molar-refractivity contribution is 5.90. The zero-order valence-electron chi connectivity index (χ0n) is 18.8. The van der Waals surface area contributed by atoms with Crippen LogP contribution in [0.4, 0.5) is 46.0 Å². The number of hydrogen-bond donors (Lipinski definition) is 3. The number of hydrogen-bond acceptors (Lipinski definition) is 9. The maximum Gasteiger partial charge on any atom is 0.414 e. The molecule has 1 atom stereocenters. The molecule has 0 aliphatic carbocycles. The lowest BCUT2D eigenvalue weighted by molar-refractivity contribution is -0.129. The Labute approximate surface area is 202 Å². The van der Waals surface area contributed by atoms with Crippen molar-refractivity contribution in [2.75, 3.05) is 53.6 Å². The molecule has 16 heteroatoms. The normalized spacial score (nSPS) is 18.4. The highest BCUT2D eigenvalue weighted by Crippen LogP contribution is 2.29. The van der Waals surface area contributed by atoms with Crippen molar-refractivity contribution in [3.63, 3.8) is 0 Å². The second kappa shape index (κ2) is 10.7. The SMILES string of the molecule is Nc1nc(NC(=O)N2CCN(c3ccc(N4C[C@H](CCC(=O)C(F)F)OC4=O)cc3F)CCO2)n[nH]1. The number of nitrogens with one attached hydrogen (secondary N) is 2. The Morgan fingerprint density at radius 3 is 2.78 bits per heavy atom. The molecule has 4 rings (SSSR count). The molecule has 0 bridgehead atoms. The summed E-state index contributed by atoms with van der Waals surface area (Å²) >= 11 is 0. The van der Waals surface area contributed by atoms with E-state index < -0.39 is 42.7 Å². The molecule has 194 valence electrons. The van der Waals surface area contributed by atoms with Crippen LogP contribution in [0.5, 0.6) is 0 Å². The molecule has 0 unspecified atom stereocenters. The van der Waals surface area contributed by atoms with Gasteiger partial charge in [0.25, 0.3) is 12.4 Å². The number of cyclic esters (lactones) is 1. The fourth-order valence-electron chi connectivity index (χ4n) is 3.75. The van der Waals surface area contributed by atoms with Gasteiger partial charge in [-0.1, -0.05) is 0 Å². The monoisotopic (exact) mass is 512 g/mol. The third-order valence-corrected chi connectivity index (χ3v) is 5.54. The molecule has 2 fully saturated rings. The summed E-state index contributed by atoms with van der Waals surface area (Å²) in [4.78, 5) is 47.8. The van der Waals surface area contributed by atoms with E-state index >= 15 is 4.39 Å². The van der Waals surface area contributed by atoms with E-state index in [1.54, 1.807) is 4.90 Å². The van der Waals surface area contributed by atoms with Crippen LogP contribution in [0.2, 0.25) is 0 Å². The van der Waals surface area contributed by atoms with Crippen molar-refractivity contribution in [2.24, 2.45) is 0 Å². The van der Waals surface area contributed by atoms with Gasteiger partial charge in [0, 0.05) is 19.5 Å². The Bertz CT molecular complexity index is 1130. The first-order valence-electron chi connectivity index (χ1n) is 10.9. The van der Waals surface area contributed by atoms with E-state index in [0.717, 1.165) is 11.1 Å². The standard InChI is InChI=1S/C20H23F3N8O5/c21-13-9-11(30-10-12(36-20(30)34)2-4-15(32)16(22)23)1-3-14(13)29-5-6-31(35-8-7-29)19(33)26-18-25-17(24)27-28-18/h1,3,9,12,16H,2,4-8,10H2,(H4,24,25,26,27,28,33)/t12-/m0/s1. The summed E-state index contributed by atoms with van der Waals surface area (Å²) in [7, 11) is 0. The summed E-state index contributed by atoms with van der Waals surface area (Å²) in [5.41, 5.74) is 5.88. The minimum Gasteiger partial charge on any atom is -0.444 e. The third-order valence-electron chi connectivity index (χ3n) is 5.54. The fraction of sp³-hybridized carbons (Fsp3) is 0.450. The van der Waals surface area contributed by atoms with Crippen molar-refractivity contribution in [1.29, 1.82) is 0 Å². The molecule has 36 heavy (non-hydrogen) atoms. The minimum absolute atomic E-state index is 0.00622. The molecule has 3 heterocycles. The quantitative estimate of drug-likeness (QED) is 0.502. The number of nitrogens with two attached hydrogens (primary N) is 1. The average Bonchev–Trinajstić information content (AvgIpc) is 3.32. The van der Waals surface area contributed by atoms with Crippen LogP contribution in [0.15, 0.2) is 18.2 Å². The number of halogens is 3. The van der Waals surface area contributed by atoms with Gasteiger partial charge in [-0.3, -0.25) is 19.8 Å². The number of H-pyrrole nitrogens is 1. The lowest BCUT2D eigenvalue weighted by atomic mass is 10.1. The number of anilines is 4. The largest absolute Gasteiger partial charge is 0.444 e. The lowest BCUT2D eigenvalue weighted by Gasteiger charge is -2.23. The predicted octanol–water partition coefficient (Wildman–Crippen LogP) is 1.75. The first-order valence-corrected chi connectivity index (χ1v) is 10.9. The summed E-state index contributed by atoms with van der Waals surface area (Å²) in [5, 5.41) is 9.59. The molecule has 2 aromatic rings. The molecular weight excluding hydrogens is 489 g/mol. The molecule has 3 amide bonds. The molecule has 0 saturated carbocycles. The van der Waals surface area contributed by atoms with Crippen LogP contribution in [0.3, 0.4) is 0 Å². The molecule has 13 nitrogen and oxygen atoms in total. The smallest absolute Gasteiger partial charge is 0.414 e. The van der Waals surface area contributed by atoms with Gasteiger partial charge >= 0.3 is 12.1 Å². The van der Waals surface area contributed by atoms with Crippen LogP contribution < -0.4 is 20.9 Å². The number of carbonyl (C=O) groups excluding carboxylic acids is 3. The van der Waals surface area contributed by atoms with Gasteiger partial charge in [-0.05, 0) is 24.6 Å². The van der Waals surface area contributed by atoms with Crippen LogP contribution >= 0.6 is 0 Å². The van der Waals surface area contributed by atoms with Gasteiger partial charge in [-0.15, -0.1) is 5.10 Å². The Morgan fingerprint density at radius 2 is 2.08 bits per heavy atom. The Morgan fingerprint density at radius 1 is 1.28 bits per heavy atom. The number of nitrogen functional groups attached to an aromatic ring is 1. The van der Waals surface area contributed by atoms with E-state index in [-0.39, 0.29) is 62.5 Å². The number of benzene rings is 1. The number of aromatic nitrogens is 3. The van der Waals surface area contributed by atoms with Gasteiger partial charge in [-0.25, -0.2) is 32.9 Å². The Hall–Kier alpha value is -4.08. The molecule has 2 aliphatic rings. The van der Waals surface area contributed by atoms with Crippen molar-refractivity contribution in [1.82, 2.24) is 20.2 Å². The number of rotatable bonds is 7. The summed E-state index contributed by atoms with van der Waals surface area (Å²) in [5.74, 6) is -1.83. The number of Topliss-reactive ketones (excluding diaryl/α,β-unsaturated/α-hetero) is 1. The first kappa shape index (κ1) is 25.0. The highest BCUT2D eigenvalue weighted by Gasteiger charge is 2.34. The third kappa shape index (κ3) is 5.76. The number of carbonyl (C=O) groups is 3. The van der Waals surface area contributed by atoms with Crippen LogP contribution in [0, 0.1) is 5.82 Å². The van der Waals surface area contributed by atoms with E-state index in [9.17, 15) is 23.2 Å². The second-order valence-corrected chi connectivity index (χ2v) is 7.95. The van der Waals surface area contributed by atoms with Crippen molar-refractivity contribution in [2.45, 2.75) is 25.4 Å². The van der Waals surface area contributed by atoms with Crippen molar-refractivity contribution in [3.8, 4) is 0 Å². The maximum atomic E-state index is 15.0. The molecular formula is C20H23F3N8O5. The number of nitrogens with zero attached hydrogens (tertiary/aromatic N) is 5. The molecule has 1 aromatic carbocycles. The van der Waals surface area contributed by atoms with Crippen molar-refractivity contribution < 1.29 is 37.1 Å². The van der Waals surface area contributed by atoms with Gasteiger partial charge in [-0.2, -0.15) is 4.98 Å². The number of urea groups is 1. The van der Waals surface area contributed by atoms with Crippen LogP contribution in [0.1, 0.15) is 12.8 Å². The summed E-state index contributed by atoms with van der Waals surface area (Å²) in [6.45, 7) is 0.713. The molecule has 2 saturated heterocycles. The van der Waals surface area contributed by atoms with Crippen LogP contribution in [-0.4, -0.2) is 83.5 Å². The maximum absolute atomic E-state index is 15.0. The molecule has 4 N–H and O–H groups in total. The second-order valence-electron chi connectivity index (χ2n) is 7.95. The van der Waals surface area contributed by atoms with E-state index in [1.165, 1.54) is 17.0 Å². The van der Waals surface area contributed by atoms with Crippen molar-refractivity contribution >= 4 is 41.2 Å². The highest BCUT2D eigenvalue weighted by atomic mass is 19.3. The van der Waals surface area contributed by atoms with Gasteiger partial charge < -0.3 is 15.4 Å². The minimum atomic E-state index is -3.07. The molecule has 1 aromatic heterocycles. The number of amides is 3. The fourth-order valence-corrected chi connectivity index (χ4v) is 3.75. The van der Waals surface area contributed by atoms with Gasteiger partial charge in [0.05, 0.1) is 31.1 Å². The van der Waals surface area contributed by atoms with Crippen LogP contribution in [-0.2, 0) is 14.4 Å². The summed E-state index contributed by atoms with van der Waals surface area (Å²) in [6.07, 6.45) is -5.05. The Balaban J connectivity index is 1.35. The topological polar surface area (TPSA) is 159 Å². The van der Waals surface area contributed by atoms with Gasteiger partial charge in [0.1, 0.15) is 11.9 Å². The lowest BCUT2D eigenvalue weighted by Crippen LogP contribution is -2.37. The molecule has 0 spiro atoms. The number of aromatic amines is 1. The van der Waals surface area contributed by atoms with E-state index in [1.807, 2.05) is 0 Å². The van der Waals surface area contributed by atoms with Gasteiger partial charge in [0.15, 0.2) is 5.78 Å². The zero-order chi connectivity index (χ0) is 25.8. The van der Waals surface area contributed by atoms with Crippen molar-refractivity contribution in [3.05, 3.63) is 24.0 Å². The van der Waals surface area contributed by atoms with E-state index in [2.05, 4.69) is 20.5 Å². The number of hydroxylamine groups is 2. The number of ether oxygens (including phenoxy) is 1. The number of alkyl halides is 2. The van der Waals surface area contributed by atoms with E-state index in [4.69, 9.17) is 15.3 Å². The van der Waals surface area contributed by atoms with Gasteiger partial charge in [0.2, 0.25) is 5.95 Å². The number of ketones is 1. The zero-order valence-corrected chi connectivity index (χ0v) is 18.8.